The first-order chi connectivity index (χ1) is 15.8. The average molecular weight is 443 g/mol. The highest BCUT2D eigenvalue weighted by Crippen LogP contribution is 2.36. The summed E-state index contributed by atoms with van der Waals surface area (Å²) in [6.45, 7) is 8.27. The van der Waals surface area contributed by atoms with Crippen molar-refractivity contribution >= 4 is 23.2 Å². The van der Waals surface area contributed by atoms with Crippen LogP contribution in [0.4, 0.5) is 11.4 Å². The third-order valence-corrected chi connectivity index (χ3v) is 6.46. The van der Waals surface area contributed by atoms with Gasteiger partial charge in [-0.1, -0.05) is 50.2 Å². The van der Waals surface area contributed by atoms with Crippen molar-refractivity contribution in [2.24, 2.45) is 0 Å². The van der Waals surface area contributed by atoms with Crippen LogP contribution in [0.2, 0.25) is 0 Å². The molecule has 33 heavy (non-hydrogen) atoms. The van der Waals surface area contributed by atoms with Gasteiger partial charge in [-0.15, -0.1) is 0 Å². The molecule has 0 radical (unpaired) electrons. The average Bonchev–Trinajstić information content (AvgIpc) is 2.82. The van der Waals surface area contributed by atoms with Crippen LogP contribution in [0.3, 0.4) is 0 Å². The molecule has 2 amide bonds. The van der Waals surface area contributed by atoms with Gasteiger partial charge in [-0.3, -0.25) is 14.5 Å². The zero-order valence-electron chi connectivity index (χ0n) is 19.8. The Labute approximate surface area is 195 Å². The van der Waals surface area contributed by atoms with E-state index in [9.17, 15) is 9.59 Å². The molecule has 0 N–H and O–H groups in total. The van der Waals surface area contributed by atoms with Gasteiger partial charge >= 0.3 is 0 Å². The van der Waals surface area contributed by atoms with Crippen molar-refractivity contribution in [1.82, 2.24) is 0 Å². The van der Waals surface area contributed by atoms with Gasteiger partial charge in [-0.2, -0.15) is 0 Å². The maximum absolute atomic E-state index is 14.0. The number of hydrogen-bond donors (Lipinski definition) is 0. The predicted molar refractivity (Wildman–Crippen MR) is 132 cm³/mol. The number of rotatable bonds is 5. The number of nitrogens with zero attached hydrogens (tertiary/aromatic N) is 2. The Kier molecular flexibility index (Phi) is 6.23. The lowest BCUT2D eigenvalue weighted by Gasteiger charge is -2.41. The Hall–Kier alpha value is -3.60. The molecule has 5 heteroatoms. The Balaban J connectivity index is 1.82. The molecule has 1 saturated heterocycles. The molecule has 3 aromatic rings. The molecule has 1 aliphatic rings. The van der Waals surface area contributed by atoms with Crippen molar-refractivity contribution in [2.45, 2.75) is 39.7 Å². The highest BCUT2D eigenvalue weighted by atomic mass is 16.5. The molecule has 4 rings (SSSR count). The Morgan fingerprint density at radius 3 is 2.18 bits per heavy atom. The summed E-state index contributed by atoms with van der Waals surface area (Å²) in [6.07, 6.45) is 0. The smallest absolute Gasteiger partial charge is 0.255 e. The number of piperazine rings is 1. The molecule has 0 aromatic heterocycles. The van der Waals surface area contributed by atoms with Crippen LogP contribution >= 0.6 is 0 Å². The molecular formula is C28H30N2O3. The van der Waals surface area contributed by atoms with Crippen LogP contribution in [0.25, 0.3) is 0 Å². The topological polar surface area (TPSA) is 49.9 Å². The quantitative estimate of drug-likeness (QED) is 0.520. The molecule has 0 bridgehead atoms. The van der Waals surface area contributed by atoms with Crippen LogP contribution in [0.1, 0.15) is 48.1 Å². The fourth-order valence-corrected chi connectivity index (χ4v) is 4.31. The molecular weight excluding hydrogens is 412 g/mol. The van der Waals surface area contributed by atoms with Gasteiger partial charge in [-0.05, 0) is 72.4 Å². The summed E-state index contributed by atoms with van der Waals surface area (Å²) in [4.78, 5) is 30.8. The summed E-state index contributed by atoms with van der Waals surface area (Å²) >= 11 is 0. The standard InChI is InChI=1S/C28H30N2O3/c1-18(2)21-9-11-22(12-10-21)27-28(32)29(25-8-6-7-19(3)20(25)4)17-26(31)30(27)23-13-15-24(33-5)16-14-23/h6-16,18,27H,17H2,1-5H3/t27-/m0/s1. The number of amides is 2. The van der Waals surface area contributed by atoms with E-state index in [2.05, 4.69) is 13.8 Å². The van der Waals surface area contributed by atoms with E-state index in [1.165, 1.54) is 5.56 Å². The first kappa shape index (κ1) is 22.6. The van der Waals surface area contributed by atoms with Crippen molar-refractivity contribution < 1.29 is 14.3 Å². The predicted octanol–water partition coefficient (Wildman–Crippen LogP) is 5.56. The first-order valence-electron chi connectivity index (χ1n) is 11.3. The molecule has 1 atom stereocenters. The third-order valence-electron chi connectivity index (χ3n) is 6.46. The van der Waals surface area contributed by atoms with Gasteiger partial charge in [0.25, 0.3) is 5.91 Å². The fourth-order valence-electron chi connectivity index (χ4n) is 4.31. The Bertz CT molecular complexity index is 1170. The summed E-state index contributed by atoms with van der Waals surface area (Å²) in [7, 11) is 1.60. The summed E-state index contributed by atoms with van der Waals surface area (Å²) in [5, 5.41) is 0. The van der Waals surface area contributed by atoms with Crippen LogP contribution in [0.5, 0.6) is 5.75 Å². The maximum atomic E-state index is 14.0. The Morgan fingerprint density at radius 1 is 0.909 bits per heavy atom. The van der Waals surface area contributed by atoms with Crippen LogP contribution in [0.15, 0.2) is 66.7 Å². The van der Waals surface area contributed by atoms with Crippen molar-refractivity contribution in [3.8, 4) is 5.75 Å². The molecule has 170 valence electrons. The van der Waals surface area contributed by atoms with Crippen LogP contribution in [0, 0.1) is 13.8 Å². The second kappa shape index (κ2) is 9.10. The zero-order valence-corrected chi connectivity index (χ0v) is 19.8. The number of benzene rings is 3. The highest BCUT2D eigenvalue weighted by molar-refractivity contribution is 6.14. The lowest BCUT2D eigenvalue weighted by molar-refractivity contribution is -0.128. The molecule has 3 aromatic carbocycles. The molecule has 0 spiro atoms. The van der Waals surface area contributed by atoms with E-state index in [1.807, 2.05) is 80.6 Å². The summed E-state index contributed by atoms with van der Waals surface area (Å²) < 4.78 is 5.27. The lowest BCUT2D eigenvalue weighted by Crippen LogP contribution is -2.56. The molecule has 0 aliphatic carbocycles. The first-order valence-corrected chi connectivity index (χ1v) is 11.3. The minimum atomic E-state index is -0.749. The second-order valence-electron chi connectivity index (χ2n) is 8.83. The Morgan fingerprint density at radius 2 is 1.58 bits per heavy atom. The van der Waals surface area contributed by atoms with Gasteiger partial charge in [0.1, 0.15) is 18.3 Å². The number of aryl methyl sites for hydroxylation is 1. The lowest BCUT2D eigenvalue weighted by atomic mass is 9.95. The van der Waals surface area contributed by atoms with Gasteiger partial charge in [0.15, 0.2) is 0 Å². The van der Waals surface area contributed by atoms with E-state index in [-0.39, 0.29) is 18.4 Å². The second-order valence-corrected chi connectivity index (χ2v) is 8.83. The van der Waals surface area contributed by atoms with Gasteiger partial charge in [0.05, 0.1) is 7.11 Å². The number of carbonyl (C=O) groups excluding carboxylic acids is 2. The maximum Gasteiger partial charge on any atom is 0.255 e. The summed E-state index contributed by atoms with van der Waals surface area (Å²) in [5.74, 6) is 0.839. The minimum absolute atomic E-state index is 0.00423. The van der Waals surface area contributed by atoms with Crippen LogP contribution in [-0.4, -0.2) is 25.5 Å². The molecule has 1 heterocycles. The fraction of sp³-hybridized carbons (Fsp3) is 0.286. The van der Waals surface area contributed by atoms with Crippen molar-refractivity contribution in [2.75, 3.05) is 23.5 Å². The van der Waals surface area contributed by atoms with E-state index in [0.717, 1.165) is 22.4 Å². The molecule has 0 saturated carbocycles. The van der Waals surface area contributed by atoms with Gasteiger partial charge < -0.3 is 9.64 Å². The third kappa shape index (κ3) is 4.23. The van der Waals surface area contributed by atoms with E-state index >= 15 is 0 Å². The number of ether oxygens (including phenoxy) is 1. The molecule has 5 nitrogen and oxygen atoms in total. The minimum Gasteiger partial charge on any atom is -0.497 e. The van der Waals surface area contributed by atoms with Gasteiger partial charge in [0, 0.05) is 11.4 Å². The highest BCUT2D eigenvalue weighted by Gasteiger charge is 2.42. The summed E-state index contributed by atoms with van der Waals surface area (Å²) in [5.41, 5.74) is 5.53. The normalized spacial score (nSPS) is 16.5. The van der Waals surface area contributed by atoms with Gasteiger partial charge in [0.2, 0.25) is 5.91 Å². The van der Waals surface area contributed by atoms with Crippen molar-refractivity contribution in [3.05, 3.63) is 89.0 Å². The monoisotopic (exact) mass is 442 g/mol. The van der Waals surface area contributed by atoms with Crippen LogP contribution < -0.4 is 14.5 Å². The van der Waals surface area contributed by atoms with E-state index in [0.29, 0.717) is 17.4 Å². The van der Waals surface area contributed by atoms with E-state index in [1.54, 1.807) is 16.9 Å². The number of anilines is 2. The van der Waals surface area contributed by atoms with Crippen LogP contribution in [-0.2, 0) is 9.59 Å². The number of methoxy groups -OCH3 is 1. The molecule has 1 fully saturated rings. The molecule has 1 aliphatic heterocycles. The number of carbonyl (C=O) groups is 2. The summed E-state index contributed by atoms with van der Waals surface area (Å²) in [6, 6.07) is 20.4. The molecule has 0 unspecified atom stereocenters. The van der Waals surface area contributed by atoms with Crippen molar-refractivity contribution in [1.29, 1.82) is 0 Å². The van der Waals surface area contributed by atoms with Crippen molar-refractivity contribution in [3.63, 3.8) is 0 Å². The zero-order chi connectivity index (χ0) is 23.7. The largest absolute Gasteiger partial charge is 0.497 e. The van der Waals surface area contributed by atoms with E-state index < -0.39 is 6.04 Å². The van der Waals surface area contributed by atoms with Gasteiger partial charge in [-0.25, -0.2) is 0 Å². The van der Waals surface area contributed by atoms with E-state index in [4.69, 9.17) is 4.74 Å². The number of hydrogen-bond acceptors (Lipinski definition) is 3. The SMILES string of the molecule is COc1ccc(N2C(=O)CN(c3cccc(C)c3C)C(=O)[C@@H]2c2ccc(C(C)C)cc2)cc1.